The van der Waals surface area contributed by atoms with Gasteiger partial charge < -0.3 is 10.2 Å². The Morgan fingerprint density at radius 2 is 1.63 bits per heavy atom. The predicted molar refractivity (Wildman–Crippen MR) is 78.4 cm³/mol. The first-order valence-corrected chi connectivity index (χ1v) is 6.69. The number of aromatic nitrogens is 1. The van der Waals surface area contributed by atoms with E-state index in [1.807, 2.05) is 6.92 Å². The van der Waals surface area contributed by atoms with Crippen LogP contribution in [0.4, 0.5) is 0 Å². The number of aryl methyl sites for hydroxylation is 3. The summed E-state index contributed by atoms with van der Waals surface area (Å²) in [6.07, 6.45) is 0.684. The highest BCUT2D eigenvalue weighted by Crippen LogP contribution is 2.33. The zero-order chi connectivity index (χ0) is 14.2. The minimum atomic E-state index is 0.560. The van der Waals surface area contributed by atoms with Crippen molar-refractivity contribution in [2.24, 2.45) is 5.73 Å². The Morgan fingerprint density at radius 3 is 2.16 bits per heavy atom. The van der Waals surface area contributed by atoms with Gasteiger partial charge in [0.2, 0.25) is 0 Å². The molecule has 0 aliphatic carbocycles. The van der Waals surface area contributed by atoms with Crippen LogP contribution in [0.3, 0.4) is 0 Å². The Balaban J connectivity index is 2.65. The lowest BCUT2D eigenvalue weighted by Crippen LogP contribution is -2.02. The maximum atomic E-state index is 5.71. The number of hydrogen-bond acceptors (Lipinski definition) is 3. The second-order valence-electron chi connectivity index (χ2n) is 5.19. The molecule has 2 N–H and O–H groups in total. The zero-order valence-electron chi connectivity index (χ0n) is 12.4. The van der Waals surface area contributed by atoms with Crippen LogP contribution in [0, 0.1) is 34.6 Å². The molecule has 19 heavy (non-hydrogen) atoms. The molecule has 0 saturated carbocycles. The van der Waals surface area contributed by atoms with Gasteiger partial charge in [-0.3, -0.25) is 0 Å². The van der Waals surface area contributed by atoms with E-state index in [4.69, 9.17) is 10.2 Å². The molecule has 102 valence electrons. The number of nitrogens with two attached hydrogens (primary N) is 1. The second-order valence-corrected chi connectivity index (χ2v) is 5.19. The second kappa shape index (κ2) is 5.17. The highest BCUT2D eigenvalue weighted by Gasteiger charge is 2.17. The molecule has 0 spiro atoms. The molecule has 0 radical (unpaired) electrons. The largest absolute Gasteiger partial charge is 0.445 e. The lowest BCUT2D eigenvalue weighted by molar-refractivity contribution is 0.473. The lowest BCUT2D eigenvalue weighted by Gasteiger charge is -2.13. The van der Waals surface area contributed by atoms with Crippen LogP contribution in [0.15, 0.2) is 10.5 Å². The average Bonchev–Trinajstić information content (AvgIpc) is 2.69. The summed E-state index contributed by atoms with van der Waals surface area (Å²) in [5, 5.41) is 0. The summed E-state index contributed by atoms with van der Waals surface area (Å²) in [5.74, 6) is 1.60. The minimum Gasteiger partial charge on any atom is -0.445 e. The Labute approximate surface area is 114 Å². The number of benzene rings is 1. The lowest BCUT2D eigenvalue weighted by atomic mass is 9.92. The highest BCUT2D eigenvalue weighted by atomic mass is 16.4. The fourth-order valence-electron chi connectivity index (χ4n) is 2.49. The third-order valence-corrected chi connectivity index (χ3v) is 3.80. The summed E-state index contributed by atoms with van der Waals surface area (Å²) in [4.78, 5) is 4.63. The van der Waals surface area contributed by atoms with E-state index in [1.165, 1.54) is 27.8 Å². The third kappa shape index (κ3) is 2.43. The molecule has 0 fully saturated rings. The number of oxazole rings is 1. The maximum Gasteiger partial charge on any atom is 0.196 e. The Bertz CT molecular complexity index is 585. The van der Waals surface area contributed by atoms with Gasteiger partial charge in [0.25, 0.3) is 0 Å². The molecular formula is C16H22N2O. The fraction of sp³-hybridized carbons (Fsp3) is 0.438. The van der Waals surface area contributed by atoms with Gasteiger partial charge in [0.1, 0.15) is 11.5 Å². The van der Waals surface area contributed by atoms with Crippen molar-refractivity contribution in [3.05, 3.63) is 40.0 Å². The van der Waals surface area contributed by atoms with Crippen molar-refractivity contribution in [1.29, 1.82) is 0 Å². The van der Waals surface area contributed by atoms with Crippen molar-refractivity contribution in [2.45, 2.75) is 41.0 Å². The summed E-state index contributed by atoms with van der Waals surface area (Å²) < 4.78 is 5.71. The minimum absolute atomic E-state index is 0.560. The summed E-state index contributed by atoms with van der Waals surface area (Å²) in [6, 6.07) is 2.23. The molecular weight excluding hydrogens is 236 g/mol. The van der Waals surface area contributed by atoms with E-state index >= 15 is 0 Å². The van der Waals surface area contributed by atoms with Crippen LogP contribution in [0.2, 0.25) is 0 Å². The Morgan fingerprint density at radius 1 is 1.05 bits per heavy atom. The zero-order valence-corrected chi connectivity index (χ0v) is 12.4. The van der Waals surface area contributed by atoms with Gasteiger partial charge in [-0.25, -0.2) is 4.98 Å². The first-order valence-electron chi connectivity index (χ1n) is 6.69. The van der Waals surface area contributed by atoms with E-state index in [2.05, 4.69) is 38.7 Å². The van der Waals surface area contributed by atoms with Crippen molar-refractivity contribution in [3.8, 4) is 11.3 Å². The van der Waals surface area contributed by atoms with Crippen LogP contribution in [-0.2, 0) is 6.42 Å². The first-order chi connectivity index (χ1) is 8.95. The van der Waals surface area contributed by atoms with Crippen molar-refractivity contribution in [1.82, 2.24) is 4.98 Å². The van der Waals surface area contributed by atoms with Crippen molar-refractivity contribution >= 4 is 0 Å². The molecule has 1 heterocycles. The molecule has 0 bridgehead atoms. The maximum absolute atomic E-state index is 5.71. The van der Waals surface area contributed by atoms with E-state index in [9.17, 15) is 0 Å². The van der Waals surface area contributed by atoms with Crippen molar-refractivity contribution < 1.29 is 4.42 Å². The Hall–Kier alpha value is -1.61. The van der Waals surface area contributed by atoms with E-state index in [0.717, 1.165) is 17.3 Å². The molecule has 3 nitrogen and oxygen atoms in total. The third-order valence-electron chi connectivity index (χ3n) is 3.80. The van der Waals surface area contributed by atoms with Gasteiger partial charge in [0.05, 0.1) is 0 Å². The highest BCUT2D eigenvalue weighted by molar-refractivity contribution is 5.71. The molecule has 0 amide bonds. The summed E-state index contributed by atoms with van der Waals surface area (Å²) >= 11 is 0. The molecule has 0 saturated heterocycles. The number of rotatable bonds is 3. The molecule has 2 aromatic rings. The van der Waals surface area contributed by atoms with Gasteiger partial charge in [0, 0.05) is 18.5 Å². The number of nitrogens with zero attached hydrogens (tertiary/aromatic N) is 1. The van der Waals surface area contributed by atoms with Gasteiger partial charge in [-0.15, -0.1) is 0 Å². The monoisotopic (exact) mass is 258 g/mol. The van der Waals surface area contributed by atoms with Crippen molar-refractivity contribution in [2.75, 3.05) is 6.54 Å². The van der Waals surface area contributed by atoms with E-state index in [-0.39, 0.29) is 0 Å². The molecule has 1 aromatic heterocycles. The number of hydrogen-bond donors (Lipinski definition) is 1. The molecule has 0 aliphatic rings. The molecule has 0 unspecified atom stereocenters. The summed E-state index contributed by atoms with van der Waals surface area (Å²) in [5.41, 5.74) is 12.9. The smallest absolute Gasteiger partial charge is 0.196 e. The van der Waals surface area contributed by atoms with E-state index in [0.29, 0.717) is 13.0 Å². The van der Waals surface area contributed by atoms with Gasteiger partial charge in [0.15, 0.2) is 5.89 Å². The van der Waals surface area contributed by atoms with Crippen LogP contribution in [0.1, 0.15) is 33.9 Å². The Kier molecular flexibility index (Phi) is 3.76. The fourth-order valence-corrected chi connectivity index (χ4v) is 2.49. The van der Waals surface area contributed by atoms with Crippen molar-refractivity contribution in [3.63, 3.8) is 0 Å². The van der Waals surface area contributed by atoms with Crippen LogP contribution < -0.4 is 5.73 Å². The standard InChI is InChI=1S/C16H22N2O/c1-9-8-10(2)12(4)15(11(9)3)16-13(5)19-14(18-16)6-7-17/h8H,6-7,17H2,1-5H3. The van der Waals surface area contributed by atoms with Crippen LogP contribution in [0.25, 0.3) is 11.3 Å². The van der Waals surface area contributed by atoms with Gasteiger partial charge in [-0.05, 0) is 56.9 Å². The molecule has 0 atom stereocenters. The van der Waals surface area contributed by atoms with Gasteiger partial charge in [-0.1, -0.05) is 6.07 Å². The van der Waals surface area contributed by atoms with Crippen LogP contribution >= 0.6 is 0 Å². The summed E-state index contributed by atoms with van der Waals surface area (Å²) in [7, 11) is 0. The topological polar surface area (TPSA) is 52.0 Å². The first kappa shape index (κ1) is 13.8. The average molecular weight is 258 g/mol. The van der Waals surface area contributed by atoms with Gasteiger partial charge >= 0.3 is 0 Å². The van der Waals surface area contributed by atoms with Gasteiger partial charge in [-0.2, -0.15) is 0 Å². The SMILES string of the molecule is Cc1cc(C)c(C)c(-c2nc(CCN)oc2C)c1C. The quantitative estimate of drug-likeness (QED) is 0.918. The molecule has 0 aliphatic heterocycles. The van der Waals surface area contributed by atoms with E-state index < -0.39 is 0 Å². The van der Waals surface area contributed by atoms with Crippen LogP contribution in [-0.4, -0.2) is 11.5 Å². The molecule has 1 aromatic carbocycles. The summed E-state index contributed by atoms with van der Waals surface area (Å²) in [6.45, 7) is 11.1. The molecule has 3 heteroatoms. The van der Waals surface area contributed by atoms with E-state index in [1.54, 1.807) is 0 Å². The normalized spacial score (nSPS) is 11.1. The van der Waals surface area contributed by atoms with Crippen LogP contribution in [0.5, 0.6) is 0 Å². The predicted octanol–water partition coefficient (Wildman–Crippen LogP) is 3.38. The molecule has 2 rings (SSSR count).